The number of rotatable bonds is 4. The third-order valence-electron chi connectivity index (χ3n) is 5.54. The summed E-state index contributed by atoms with van der Waals surface area (Å²) in [5, 5.41) is 0. The minimum Gasteiger partial charge on any atom is -0.493 e. The molecule has 4 rings (SSSR count). The van der Waals surface area contributed by atoms with Gasteiger partial charge in [0, 0.05) is 0 Å². The molecule has 4 atom stereocenters. The minimum atomic E-state index is 0.000212. The quantitative estimate of drug-likeness (QED) is 0.806. The van der Waals surface area contributed by atoms with Crippen molar-refractivity contribution in [2.45, 2.75) is 26.1 Å². The van der Waals surface area contributed by atoms with Gasteiger partial charge in [-0.05, 0) is 47.2 Å². The van der Waals surface area contributed by atoms with E-state index in [-0.39, 0.29) is 19.0 Å². The fourth-order valence-corrected chi connectivity index (χ4v) is 3.84. The predicted molar refractivity (Wildman–Crippen MR) is 97.0 cm³/mol. The van der Waals surface area contributed by atoms with Gasteiger partial charge in [0.15, 0.2) is 23.0 Å². The highest BCUT2D eigenvalue weighted by Gasteiger charge is 2.41. The van der Waals surface area contributed by atoms with Crippen LogP contribution >= 0.6 is 0 Å². The average molecular weight is 356 g/mol. The van der Waals surface area contributed by atoms with Crippen molar-refractivity contribution < 1.29 is 23.7 Å². The second-order valence-electron chi connectivity index (χ2n) is 6.92. The molecule has 0 aromatic heterocycles. The van der Waals surface area contributed by atoms with Crippen LogP contribution < -0.4 is 18.9 Å². The first-order valence-corrected chi connectivity index (χ1v) is 8.89. The monoisotopic (exact) mass is 356 g/mol. The molecule has 0 radical (unpaired) electrons. The lowest BCUT2D eigenvalue weighted by atomic mass is 9.85. The number of methoxy groups -OCH3 is 2. The molecule has 0 saturated carbocycles. The molecule has 5 nitrogen and oxygen atoms in total. The summed E-state index contributed by atoms with van der Waals surface area (Å²) in [5.41, 5.74) is 2.22. The van der Waals surface area contributed by atoms with Crippen molar-refractivity contribution in [3.05, 3.63) is 47.5 Å². The summed E-state index contributed by atoms with van der Waals surface area (Å²) in [7, 11) is 3.29. The maximum absolute atomic E-state index is 6.50. The van der Waals surface area contributed by atoms with E-state index in [4.69, 9.17) is 23.7 Å². The zero-order valence-corrected chi connectivity index (χ0v) is 15.5. The lowest BCUT2D eigenvalue weighted by Crippen LogP contribution is -2.10. The van der Waals surface area contributed by atoms with Crippen LogP contribution in [0.3, 0.4) is 0 Å². The maximum Gasteiger partial charge on any atom is 0.231 e. The molecule has 0 spiro atoms. The van der Waals surface area contributed by atoms with Crippen molar-refractivity contribution in [3.8, 4) is 23.0 Å². The van der Waals surface area contributed by atoms with Gasteiger partial charge in [0.25, 0.3) is 0 Å². The smallest absolute Gasteiger partial charge is 0.231 e. The second kappa shape index (κ2) is 6.72. The molecule has 138 valence electrons. The van der Waals surface area contributed by atoms with Crippen LogP contribution in [-0.4, -0.2) is 21.0 Å². The molecular formula is C21H24O5. The molecule has 1 fully saturated rings. The third-order valence-corrected chi connectivity index (χ3v) is 5.54. The fourth-order valence-electron chi connectivity index (χ4n) is 3.84. The molecule has 5 heteroatoms. The van der Waals surface area contributed by atoms with E-state index in [0.29, 0.717) is 11.8 Å². The molecule has 1 unspecified atom stereocenters. The SMILES string of the molecule is COc1ccc(C2O[C@@H](c3ccc4c(c3)OCO4)[C@H](C)[C@@H]2C)cc1OC. The molecular weight excluding hydrogens is 332 g/mol. The fraction of sp³-hybridized carbons (Fsp3) is 0.429. The number of benzene rings is 2. The summed E-state index contributed by atoms with van der Waals surface area (Å²) >= 11 is 0. The molecule has 2 aromatic carbocycles. The highest BCUT2D eigenvalue weighted by atomic mass is 16.7. The number of ether oxygens (including phenoxy) is 5. The van der Waals surface area contributed by atoms with Crippen LogP contribution in [0.15, 0.2) is 36.4 Å². The Morgan fingerprint density at radius 3 is 2.08 bits per heavy atom. The highest BCUT2D eigenvalue weighted by Crippen LogP contribution is 2.50. The molecule has 0 aliphatic carbocycles. The van der Waals surface area contributed by atoms with E-state index in [2.05, 4.69) is 26.0 Å². The summed E-state index contributed by atoms with van der Waals surface area (Å²) < 4.78 is 28.2. The number of hydrogen-bond donors (Lipinski definition) is 0. The normalized spacial score (nSPS) is 26.8. The first-order valence-electron chi connectivity index (χ1n) is 8.89. The van der Waals surface area contributed by atoms with Gasteiger partial charge in [-0.1, -0.05) is 26.0 Å². The molecule has 1 saturated heterocycles. The van der Waals surface area contributed by atoms with Crippen molar-refractivity contribution in [2.75, 3.05) is 21.0 Å². The lowest BCUT2D eigenvalue weighted by Gasteiger charge is -2.18. The zero-order valence-electron chi connectivity index (χ0n) is 15.5. The number of hydrogen-bond acceptors (Lipinski definition) is 5. The predicted octanol–water partition coefficient (Wildman–Crippen LogP) is 4.52. The van der Waals surface area contributed by atoms with E-state index in [1.807, 2.05) is 24.3 Å². The summed E-state index contributed by atoms with van der Waals surface area (Å²) in [6, 6.07) is 12.1. The van der Waals surface area contributed by atoms with E-state index >= 15 is 0 Å². The molecule has 2 heterocycles. The van der Waals surface area contributed by atoms with E-state index < -0.39 is 0 Å². The van der Waals surface area contributed by atoms with Crippen molar-refractivity contribution in [1.82, 2.24) is 0 Å². The molecule has 2 aliphatic rings. The second-order valence-corrected chi connectivity index (χ2v) is 6.92. The first kappa shape index (κ1) is 17.0. The molecule has 2 aromatic rings. The van der Waals surface area contributed by atoms with Gasteiger partial charge in [-0.2, -0.15) is 0 Å². The lowest BCUT2D eigenvalue weighted by molar-refractivity contribution is 0.0288. The van der Waals surface area contributed by atoms with Gasteiger partial charge in [-0.15, -0.1) is 0 Å². The minimum absolute atomic E-state index is 0.000212. The van der Waals surface area contributed by atoms with Crippen molar-refractivity contribution in [2.24, 2.45) is 11.8 Å². The highest BCUT2D eigenvalue weighted by molar-refractivity contribution is 5.46. The Morgan fingerprint density at radius 1 is 0.769 bits per heavy atom. The molecule has 0 bridgehead atoms. The van der Waals surface area contributed by atoms with Crippen LogP contribution in [0.25, 0.3) is 0 Å². The Kier molecular flexibility index (Phi) is 4.41. The topological polar surface area (TPSA) is 46.2 Å². The Hall–Kier alpha value is -2.40. The van der Waals surface area contributed by atoms with Gasteiger partial charge in [0.1, 0.15) is 0 Å². The van der Waals surface area contributed by atoms with Gasteiger partial charge >= 0.3 is 0 Å². The standard InChI is InChI=1S/C21H24O5/c1-12-13(2)21(15-6-8-17-19(10-15)25-11-24-17)26-20(12)14-5-7-16(22-3)18(9-14)23-4/h5-10,12-13,20-21H,11H2,1-4H3/t12-,13+,20?,21+/m0/s1. The molecule has 26 heavy (non-hydrogen) atoms. The Labute approximate surface area is 153 Å². The summed E-state index contributed by atoms with van der Waals surface area (Å²) in [4.78, 5) is 0. The van der Waals surface area contributed by atoms with E-state index in [1.54, 1.807) is 14.2 Å². The van der Waals surface area contributed by atoms with Crippen LogP contribution in [0.4, 0.5) is 0 Å². The molecule has 0 N–H and O–H groups in total. The van der Waals surface area contributed by atoms with E-state index in [9.17, 15) is 0 Å². The van der Waals surface area contributed by atoms with E-state index in [0.717, 1.165) is 34.1 Å². The largest absolute Gasteiger partial charge is 0.493 e. The van der Waals surface area contributed by atoms with Crippen LogP contribution in [0.2, 0.25) is 0 Å². The van der Waals surface area contributed by atoms with Crippen LogP contribution in [0.5, 0.6) is 23.0 Å². The van der Waals surface area contributed by atoms with Crippen LogP contribution in [0, 0.1) is 11.8 Å². The molecule has 0 amide bonds. The Balaban J connectivity index is 1.62. The summed E-state index contributed by atoms with van der Waals surface area (Å²) in [6.45, 7) is 4.75. The Morgan fingerprint density at radius 2 is 1.38 bits per heavy atom. The van der Waals surface area contributed by atoms with Crippen LogP contribution in [0.1, 0.15) is 37.2 Å². The van der Waals surface area contributed by atoms with Crippen molar-refractivity contribution in [3.63, 3.8) is 0 Å². The first-order chi connectivity index (χ1) is 12.6. The van der Waals surface area contributed by atoms with E-state index in [1.165, 1.54) is 0 Å². The average Bonchev–Trinajstić information content (AvgIpc) is 3.25. The van der Waals surface area contributed by atoms with Crippen molar-refractivity contribution >= 4 is 0 Å². The summed E-state index contributed by atoms with van der Waals surface area (Å²) in [5.74, 6) is 3.77. The number of fused-ring (bicyclic) bond motifs is 1. The third kappa shape index (κ3) is 2.76. The van der Waals surface area contributed by atoms with Crippen LogP contribution in [-0.2, 0) is 4.74 Å². The molecule has 2 aliphatic heterocycles. The Bertz CT molecular complexity index is 803. The van der Waals surface area contributed by atoms with Gasteiger partial charge in [-0.3, -0.25) is 0 Å². The van der Waals surface area contributed by atoms with Crippen molar-refractivity contribution in [1.29, 1.82) is 0 Å². The van der Waals surface area contributed by atoms with Gasteiger partial charge in [0.05, 0.1) is 26.4 Å². The van der Waals surface area contributed by atoms with Gasteiger partial charge in [-0.25, -0.2) is 0 Å². The maximum atomic E-state index is 6.50. The summed E-state index contributed by atoms with van der Waals surface area (Å²) in [6.07, 6.45) is 0.0119. The van der Waals surface area contributed by atoms with Gasteiger partial charge in [0.2, 0.25) is 6.79 Å². The van der Waals surface area contributed by atoms with Gasteiger partial charge < -0.3 is 23.7 Å². The zero-order chi connectivity index (χ0) is 18.3.